The van der Waals surface area contributed by atoms with Crippen molar-refractivity contribution in [2.75, 3.05) is 11.9 Å². The van der Waals surface area contributed by atoms with Crippen LogP contribution in [0.25, 0.3) is 0 Å². The van der Waals surface area contributed by atoms with E-state index in [0.717, 1.165) is 36.7 Å². The molecule has 18 heavy (non-hydrogen) atoms. The first-order valence-corrected chi connectivity index (χ1v) is 7.01. The predicted octanol–water partition coefficient (Wildman–Crippen LogP) is 4.11. The van der Waals surface area contributed by atoms with Crippen molar-refractivity contribution in [2.45, 2.75) is 65.7 Å². The van der Waals surface area contributed by atoms with Crippen LogP contribution in [0.4, 0.5) is 5.82 Å². The van der Waals surface area contributed by atoms with Crippen LogP contribution in [-0.2, 0) is 5.41 Å². The third-order valence-electron chi connectivity index (χ3n) is 3.12. The Balaban J connectivity index is 3.12. The fraction of sp³-hybridized carbons (Fsp3) is 0.733. The van der Waals surface area contributed by atoms with E-state index in [1.807, 2.05) is 0 Å². The van der Waals surface area contributed by atoms with Gasteiger partial charge in [0, 0.05) is 23.9 Å². The molecule has 0 aromatic carbocycles. The summed E-state index contributed by atoms with van der Waals surface area (Å²) >= 11 is 0. The number of aromatic nitrogens is 2. The Hall–Kier alpha value is -1.12. The Kier molecular flexibility index (Phi) is 5.12. The van der Waals surface area contributed by atoms with E-state index in [0.29, 0.717) is 5.92 Å². The van der Waals surface area contributed by atoms with Gasteiger partial charge in [-0.3, -0.25) is 0 Å². The molecule has 0 aliphatic carbocycles. The highest BCUT2D eigenvalue weighted by molar-refractivity contribution is 5.38. The molecule has 0 aliphatic heterocycles. The van der Waals surface area contributed by atoms with Gasteiger partial charge in [-0.05, 0) is 12.8 Å². The molecular weight excluding hydrogens is 222 g/mol. The van der Waals surface area contributed by atoms with Crippen LogP contribution in [0.5, 0.6) is 0 Å². The van der Waals surface area contributed by atoms with Crippen molar-refractivity contribution < 1.29 is 0 Å². The van der Waals surface area contributed by atoms with Crippen LogP contribution in [0, 0.1) is 0 Å². The molecule has 0 spiro atoms. The fourth-order valence-corrected chi connectivity index (χ4v) is 1.60. The molecule has 0 saturated carbocycles. The van der Waals surface area contributed by atoms with Gasteiger partial charge in [0.2, 0.25) is 0 Å². The lowest BCUT2D eigenvalue weighted by atomic mass is 9.91. The summed E-state index contributed by atoms with van der Waals surface area (Å²) < 4.78 is 0. The fourth-order valence-electron chi connectivity index (χ4n) is 1.60. The summed E-state index contributed by atoms with van der Waals surface area (Å²) in [6, 6.07) is 2.08. The van der Waals surface area contributed by atoms with Crippen LogP contribution in [0.3, 0.4) is 0 Å². The molecule has 1 atom stereocenters. The Labute approximate surface area is 111 Å². The molecule has 0 radical (unpaired) electrons. The molecular formula is C15H27N3. The number of hydrogen-bond donors (Lipinski definition) is 1. The number of nitrogens with one attached hydrogen (secondary N) is 1. The Morgan fingerprint density at radius 1 is 1.22 bits per heavy atom. The van der Waals surface area contributed by atoms with Crippen LogP contribution in [0.2, 0.25) is 0 Å². The van der Waals surface area contributed by atoms with Gasteiger partial charge in [-0.15, -0.1) is 0 Å². The highest BCUT2D eigenvalue weighted by atomic mass is 15.0. The number of anilines is 1. The maximum Gasteiger partial charge on any atom is 0.133 e. The van der Waals surface area contributed by atoms with E-state index >= 15 is 0 Å². The molecule has 0 aliphatic rings. The largest absolute Gasteiger partial charge is 0.370 e. The van der Waals surface area contributed by atoms with E-state index in [-0.39, 0.29) is 5.41 Å². The second-order valence-corrected chi connectivity index (χ2v) is 5.98. The van der Waals surface area contributed by atoms with E-state index in [4.69, 9.17) is 4.98 Å². The van der Waals surface area contributed by atoms with Gasteiger partial charge in [-0.1, -0.05) is 41.5 Å². The van der Waals surface area contributed by atoms with Gasteiger partial charge in [0.25, 0.3) is 0 Å². The summed E-state index contributed by atoms with van der Waals surface area (Å²) in [7, 11) is 0. The van der Waals surface area contributed by atoms with Crippen LogP contribution in [0.15, 0.2) is 6.07 Å². The minimum atomic E-state index is 0.0633. The molecule has 1 N–H and O–H groups in total. The Morgan fingerprint density at radius 2 is 1.89 bits per heavy atom. The second-order valence-electron chi connectivity index (χ2n) is 5.98. The topological polar surface area (TPSA) is 37.8 Å². The van der Waals surface area contributed by atoms with Crippen molar-refractivity contribution >= 4 is 5.82 Å². The van der Waals surface area contributed by atoms with E-state index in [9.17, 15) is 0 Å². The van der Waals surface area contributed by atoms with E-state index in [2.05, 4.69) is 57.9 Å². The van der Waals surface area contributed by atoms with Crippen molar-refractivity contribution in [3.05, 3.63) is 17.6 Å². The monoisotopic (exact) mass is 249 g/mol. The quantitative estimate of drug-likeness (QED) is 0.853. The maximum absolute atomic E-state index is 4.73. The molecule has 102 valence electrons. The Bertz CT molecular complexity index is 380. The van der Waals surface area contributed by atoms with Crippen molar-refractivity contribution in [1.82, 2.24) is 9.97 Å². The molecule has 3 nitrogen and oxygen atoms in total. The second kappa shape index (κ2) is 6.17. The lowest BCUT2D eigenvalue weighted by Crippen LogP contribution is -2.17. The van der Waals surface area contributed by atoms with Gasteiger partial charge >= 0.3 is 0 Å². The van der Waals surface area contributed by atoms with Crippen molar-refractivity contribution in [3.63, 3.8) is 0 Å². The van der Waals surface area contributed by atoms with Crippen molar-refractivity contribution in [2.24, 2.45) is 0 Å². The van der Waals surface area contributed by atoms with Gasteiger partial charge in [-0.25, -0.2) is 9.97 Å². The average molecular weight is 249 g/mol. The SMILES string of the molecule is CCCNc1cc(C(C)(C)C)nc(C(C)CC)n1. The molecule has 1 aromatic heterocycles. The zero-order valence-corrected chi connectivity index (χ0v) is 12.7. The number of rotatable bonds is 5. The lowest BCUT2D eigenvalue weighted by Gasteiger charge is -2.21. The summed E-state index contributed by atoms with van der Waals surface area (Å²) in [5, 5.41) is 3.38. The number of hydrogen-bond acceptors (Lipinski definition) is 3. The zero-order valence-electron chi connectivity index (χ0n) is 12.7. The molecule has 0 amide bonds. The Morgan fingerprint density at radius 3 is 2.39 bits per heavy atom. The highest BCUT2D eigenvalue weighted by Crippen LogP contribution is 2.25. The molecule has 1 heterocycles. The molecule has 1 rings (SSSR count). The summed E-state index contributed by atoms with van der Waals surface area (Å²) in [4.78, 5) is 9.37. The smallest absolute Gasteiger partial charge is 0.133 e. The van der Waals surface area contributed by atoms with E-state index in [1.165, 1.54) is 0 Å². The van der Waals surface area contributed by atoms with Crippen molar-refractivity contribution in [1.29, 1.82) is 0 Å². The molecule has 1 unspecified atom stereocenters. The third-order valence-corrected chi connectivity index (χ3v) is 3.12. The molecule has 1 aromatic rings. The maximum atomic E-state index is 4.73. The first kappa shape index (κ1) is 14.9. The van der Waals surface area contributed by atoms with Gasteiger partial charge < -0.3 is 5.32 Å². The third kappa shape index (κ3) is 3.97. The average Bonchev–Trinajstić information content (AvgIpc) is 2.33. The molecule has 0 saturated heterocycles. The van der Waals surface area contributed by atoms with Crippen LogP contribution < -0.4 is 5.32 Å². The van der Waals surface area contributed by atoms with E-state index < -0.39 is 0 Å². The van der Waals surface area contributed by atoms with Gasteiger partial charge in [-0.2, -0.15) is 0 Å². The first-order chi connectivity index (χ1) is 8.38. The number of nitrogens with zero attached hydrogens (tertiary/aromatic N) is 2. The zero-order chi connectivity index (χ0) is 13.8. The first-order valence-electron chi connectivity index (χ1n) is 7.01. The van der Waals surface area contributed by atoms with Crippen molar-refractivity contribution in [3.8, 4) is 0 Å². The van der Waals surface area contributed by atoms with Gasteiger partial charge in [0.15, 0.2) is 0 Å². The van der Waals surface area contributed by atoms with Gasteiger partial charge in [0.05, 0.1) is 5.69 Å². The van der Waals surface area contributed by atoms with E-state index in [1.54, 1.807) is 0 Å². The summed E-state index contributed by atoms with van der Waals surface area (Å²) in [5.74, 6) is 2.34. The highest BCUT2D eigenvalue weighted by Gasteiger charge is 2.19. The summed E-state index contributed by atoms with van der Waals surface area (Å²) in [5.41, 5.74) is 1.18. The summed E-state index contributed by atoms with van der Waals surface area (Å²) in [6.45, 7) is 14.1. The van der Waals surface area contributed by atoms with Gasteiger partial charge in [0.1, 0.15) is 11.6 Å². The lowest BCUT2D eigenvalue weighted by molar-refractivity contribution is 0.554. The minimum Gasteiger partial charge on any atom is -0.370 e. The van der Waals surface area contributed by atoms with Crippen LogP contribution in [-0.4, -0.2) is 16.5 Å². The minimum absolute atomic E-state index is 0.0633. The molecule has 0 fully saturated rings. The molecule has 0 bridgehead atoms. The standard InChI is InChI=1S/C15H27N3/c1-7-9-16-13-10-12(15(4,5)6)17-14(18-13)11(3)8-2/h10-11H,7-9H2,1-6H3,(H,16,17,18). The van der Waals surface area contributed by atoms with Crippen LogP contribution in [0.1, 0.15) is 71.8 Å². The predicted molar refractivity (Wildman–Crippen MR) is 78.2 cm³/mol. The summed E-state index contributed by atoms with van der Waals surface area (Å²) in [6.07, 6.45) is 2.17. The normalized spacial score (nSPS) is 13.4. The van der Waals surface area contributed by atoms with Crippen LogP contribution >= 0.6 is 0 Å². The molecule has 3 heteroatoms.